The van der Waals surface area contributed by atoms with Gasteiger partial charge in [0.2, 0.25) is 11.8 Å². The summed E-state index contributed by atoms with van der Waals surface area (Å²) in [6.07, 6.45) is 21.4. The molecule has 2 aliphatic heterocycles. The van der Waals surface area contributed by atoms with E-state index in [4.69, 9.17) is 29.0 Å². The summed E-state index contributed by atoms with van der Waals surface area (Å²) in [5.74, 6) is 1.38. The first kappa shape index (κ1) is 55.3. The minimum absolute atomic E-state index is 0.181. The Morgan fingerprint density at radius 1 is 0.494 bits per heavy atom. The van der Waals surface area contributed by atoms with Crippen molar-refractivity contribution in [1.82, 2.24) is 34.4 Å². The number of pyridine rings is 4. The zero-order valence-corrected chi connectivity index (χ0v) is 49.8. The van der Waals surface area contributed by atoms with E-state index in [9.17, 15) is 0 Å². The fourth-order valence-electron chi connectivity index (χ4n) is 11.6. The Morgan fingerprint density at radius 2 is 0.988 bits per heavy atom. The average molecular weight is 1310 g/mol. The Balaban J connectivity index is 0.000000139. The molecule has 2 saturated carbocycles. The van der Waals surface area contributed by atoms with E-state index in [1.165, 1.54) is 52.9 Å². The number of hydrogen-bond donors (Lipinski definition) is 3. The van der Waals surface area contributed by atoms with Crippen LogP contribution in [0.3, 0.4) is 0 Å². The lowest BCUT2D eigenvalue weighted by Crippen LogP contribution is -2.44. The molecule has 8 heterocycles. The van der Waals surface area contributed by atoms with E-state index in [-0.39, 0.29) is 12.2 Å². The molecule has 17 heteroatoms. The molecule has 3 N–H and O–H groups in total. The fraction of sp³-hybridized carbons (Fsp3) is 0.312. The highest BCUT2D eigenvalue weighted by Crippen LogP contribution is 2.36. The number of hydrogen-bond acceptors (Lipinski definition) is 12. The number of halogens is 2. The van der Waals surface area contributed by atoms with Gasteiger partial charge >= 0.3 is 7.12 Å². The van der Waals surface area contributed by atoms with Gasteiger partial charge in [0.05, 0.1) is 35.4 Å². The van der Waals surface area contributed by atoms with Gasteiger partial charge in [-0.15, -0.1) is 0 Å². The molecule has 4 fully saturated rings. The van der Waals surface area contributed by atoms with Gasteiger partial charge in [0.1, 0.15) is 12.2 Å². The molecule has 0 unspecified atom stereocenters. The molecule has 81 heavy (non-hydrogen) atoms. The number of aromatic nitrogens is 6. The molecule has 414 valence electrons. The Bertz CT molecular complexity index is 3760. The normalized spacial score (nSPS) is 19.3. The van der Waals surface area contributed by atoms with Crippen molar-refractivity contribution >= 4 is 107 Å². The van der Waals surface area contributed by atoms with Crippen LogP contribution in [0.15, 0.2) is 159 Å². The summed E-state index contributed by atoms with van der Waals surface area (Å²) in [5, 5.41) is 25.6. The maximum absolute atomic E-state index is 8.70. The van der Waals surface area contributed by atoms with Gasteiger partial charge in [-0.05, 0) is 167 Å². The smallest absolute Gasteiger partial charge is 0.474 e. The van der Waals surface area contributed by atoms with Crippen molar-refractivity contribution in [3.05, 3.63) is 166 Å². The molecular weight excluding hydrogens is 1240 g/mol. The minimum Gasteiger partial charge on any atom is -0.474 e. The largest absolute Gasteiger partial charge is 0.488 e. The predicted molar refractivity (Wildman–Crippen MR) is 339 cm³/mol. The second-order valence-corrected chi connectivity index (χ2v) is 24.1. The number of rotatable bonds is 12. The van der Waals surface area contributed by atoms with Crippen LogP contribution in [-0.2, 0) is 23.6 Å². The lowest BCUT2D eigenvalue weighted by molar-refractivity contribution is -0.104. The van der Waals surface area contributed by atoms with E-state index >= 15 is 0 Å². The zero-order valence-electron chi connectivity index (χ0n) is 45.5. The molecule has 0 radical (unpaired) electrons. The Labute approximate surface area is 499 Å². The summed E-state index contributed by atoms with van der Waals surface area (Å²) in [7, 11) is 2.85. The van der Waals surface area contributed by atoms with Gasteiger partial charge in [-0.2, -0.15) is 0 Å². The molecule has 14 rings (SSSR count). The molecule has 14 nitrogen and oxygen atoms in total. The number of piperidine rings is 2. The summed E-state index contributed by atoms with van der Waals surface area (Å²) in [6, 6.07) is 41.2. The Hall–Kier alpha value is -6.20. The van der Waals surface area contributed by atoms with Crippen LogP contribution in [0.1, 0.15) is 51.4 Å². The molecular formula is C64H65BI2N8O6. The minimum atomic E-state index is -1.35. The Morgan fingerprint density at radius 3 is 1.46 bits per heavy atom. The van der Waals surface area contributed by atoms with Crippen molar-refractivity contribution in [2.75, 3.05) is 31.1 Å². The van der Waals surface area contributed by atoms with Crippen molar-refractivity contribution in [3.8, 4) is 34.0 Å². The third kappa shape index (κ3) is 12.9. The Kier molecular flexibility index (Phi) is 17.2. The van der Waals surface area contributed by atoms with Gasteiger partial charge in [-0.25, -0.2) is 9.97 Å². The maximum Gasteiger partial charge on any atom is 0.488 e. The highest BCUT2D eigenvalue weighted by atomic mass is 127. The van der Waals surface area contributed by atoms with Gasteiger partial charge in [0, 0.05) is 159 Å². The first-order chi connectivity index (χ1) is 39.5. The molecule has 2 saturated heterocycles. The quantitative estimate of drug-likeness (QED) is 0.0788. The molecule has 0 bridgehead atoms. The summed E-state index contributed by atoms with van der Waals surface area (Å²) in [5.41, 5.74) is 11.1. The molecule has 10 aromatic rings. The molecule has 2 aliphatic carbocycles. The third-order valence-electron chi connectivity index (χ3n) is 16.3. The zero-order chi connectivity index (χ0) is 55.4. The lowest BCUT2D eigenvalue weighted by Gasteiger charge is -2.40. The summed E-state index contributed by atoms with van der Waals surface area (Å²) in [4.78, 5) is 20.3. The van der Waals surface area contributed by atoms with E-state index in [0.717, 1.165) is 103 Å². The monoisotopic (exact) mass is 1310 g/mol. The first-order valence-electron chi connectivity index (χ1n) is 28.1. The topological polar surface area (TPSA) is 154 Å². The summed E-state index contributed by atoms with van der Waals surface area (Å²) in [6.45, 7) is 4.24. The van der Waals surface area contributed by atoms with Crippen molar-refractivity contribution in [2.24, 2.45) is 14.1 Å². The number of benzene rings is 4. The number of aryl methyl sites for hydroxylation is 2. The number of nitrogens with one attached hydrogen (secondary N) is 1. The standard InChI is InChI=1S/C32H31IN4O2.C26H28N4O2.C6H6BIO2/c1-36-30-9-12-34-20-29(30)28-7-5-21(15-31(28)36)22-6-8-32(35-19-22)39-27-17-26(18-27)38-25-10-13-37(14-11-25)24-4-2-3-23(33)16-24;1-30-24-8-11-28-16-23(24)22-4-2-17(12-25(22)30)18-3-5-26(29-15-18)32-21-13-20(14-21)31-19-6-9-27-10-7-19;8-6-3-1-2-5(4-6)7(9)10/h2-9,12,15-16,19-20,25-27H,10-11,13-14,17-18H2,1H3;2-5,8,11-12,15-16,19-21,27H,6-7,9-10,13-14H2,1H3;1-4,9-10H. The highest BCUT2D eigenvalue weighted by Gasteiger charge is 2.36. The van der Waals surface area contributed by atoms with Crippen molar-refractivity contribution in [3.63, 3.8) is 0 Å². The van der Waals surface area contributed by atoms with Crippen LogP contribution in [0.2, 0.25) is 0 Å². The van der Waals surface area contributed by atoms with E-state index < -0.39 is 7.12 Å². The highest BCUT2D eigenvalue weighted by molar-refractivity contribution is 14.1. The van der Waals surface area contributed by atoms with Gasteiger partial charge in [-0.1, -0.05) is 42.5 Å². The van der Waals surface area contributed by atoms with Crippen LogP contribution in [0.5, 0.6) is 11.8 Å². The van der Waals surface area contributed by atoms with Crippen molar-refractivity contribution in [1.29, 1.82) is 0 Å². The first-order valence-corrected chi connectivity index (χ1v) is 30.2. The number of anilines is 1. The predicted octanol–water partition coefficient (Wildman–Crippen LogP) is 11.4. The lowest BCUT2D eigenvalue weighted by atomic mass is 9.81. The average Bonchev–Trinajstić information content (AvgIpc) is 4.01. The van der Waals surface area contributed by atoms with Crippen LogP contribution in [-0.4, -0.2) is 109 Å². The van der Waals surface area contributed by atoms with E-state index in [1.807, 2.05) is 55.4 Å². The number of fused-ring (bicyclic) bond motifs is 6. The van der Waals surface area contributed by atoms with Crippen LogP contribution in [0.4, 0.5) is 5.69 Å². The van der Waals surface area contributed by atoms with Gasteiger partial charge in [-0.3, -0.25) is 9.97 Å². The van der Waals surface area contributed by atoms with Crippen LogP contribution in [0.25, 0.3) is 65.9 Å². The van der Waals surface area contributed by atoms with Crippen LogP contribution in [0, 0.1) is 7.14 Å². The van der Waals surface area contributed by atoms with Gasteiger partial charge < -0.3 is 48.3 Å². The second kappa shape index (κ2) is 25.1. The van der Waals surface area contributed by atoms with Gasteiger partial charge in [0.25, 0.3) is 0 Å². The van der Waals surface area contributed by atoms with Crippen LogP contribution < -0.4 is 25.2 Å². The van der Waals surface area contributed by atoms with Crippen molar-refractivity contribution in [2.45, 2.75) is 88.0 Å². The van der Waals surface area contributed by atoms with Gasteiger partial charge in [0.15, 0.2) is 0 Å². The maximum atomic E-state index is 8.70. The molecule has 4 aromatic carbocycles. The van der Waals surface area contributed by atoms with E-state index in [0.29, 0.717) is 41.6 Å². The summed E-state index contributed by atoms with van der Waals surface area (Å²) >= 11 is 4.50. The summed E-state index contributed by atoms with van der Waals surface area (Å²) < 4.78 is 31.6. The van der Waals surface area contributed by atoms with E-state index in [2.05, 4.69) is 183 Å². The number of ether oxygens (including phenoxy) is 4. The van der Waals surface area contributed by atoms with E-state index in [1.54, 1.807) is 18.2 Å². The fourth-order valence-corrected chi connectivity index (χ4v) is 12.7. The molecule has 0 amide bonds. The molecule has 0 spiro atoms. The van der Waals surface area contributed by atoms with Crippen LogP contribution >= 0.6 is 45.2 Å². The SMILES string of the molecule is Cn1c2ccncc2c2ccc(-c3ccc(OC4CC(OC5CCN(c6cccc(I)c6)CC5)C4)nc3)cc21.Cn1c2ccncc2c2ccc(-c3ccc(OC4CC(OC5CCNCC5)C4)nc3)cc21.OB(O)c1cccc(I)c1. The third-order valence-corrected chi connectivity index (χ3v) is 17.6. The van der Waals surface area contributed by atoms with Crippen molar-refractivity contribution < 1.29 is 29.0 Å². The molecule has 6 aromatic heterocycles. The molecule has 4 aliphatic rings. The number of nitrogens with zero attached hydrogens (tertiary/aromatic N) is 7. The second-order valence-electron chi connectivity index (χ2n) is 21.6. The molecule has 0 atom stereocenters.